The van der Waals surface area contributed by atoms with Crippen molar-refractivity contribution in [3.63, 3.8) is 0 Å². The monoisotopic (exact) mass is 442 g/mol. The molecule has 0 aromatic heterocycles. The van der Waals surface area contributed by atoms with Crippen LogP contribution in [0.1, 0.15) is 90.9 Å². The van der Waals surface area contributed by atoms with Crippen LogP contribution in [0, 0.1) is 0 Å². The Kier molecular flexibility index (Phi) is 14.2. The number of thioether (sulfide) groups is 2. The van der Waals surface area contributed by atoms with E-state index in [-0.39, 0.29) is 0 Å². The van der Waals surface area contributed by atoms with Gasteiger partial charge in [-0.3, -0.25) is 0 Å². The molecule has 0 fully saturated rings. The third-order valence-corrected chi connectivity index (χ3v) is 7.77. The lowest BCUT2D eigenvalue weighted by atomic mass is 10.1. The molecule has 2 heteroatoms. The van der Waals surface area contributed by atoms with Gasteiger partial charge in [0.05, 0.1) is 0 Å². The fourth-order valence-corrected chi connectivity index (χ4v) is 5.46. The molecule has 0 saturated heterocycles. The molecule has 0 radical (unpaired) electrons. The third-order valence-electron chi connectivity index (χ3n) is 5.58. The van der Waals surface area contributed by atoms with Gasteiger partial charge in [0.1, 0.15) is 0 Å². The Labute approximate surface area is 195 Å². The summed E-state index contributed by atoms with van der Waals surface area (Å²) in [5, 5.41) is 0. The predicted molar refractivity (Wildman–Crippen MR) is 140 cm³/mol. The van der Waals surface area contributed by atoms with Crippen molar-refractivity contribution in [1.29, 1.82) is 0 Å². The zero-order chi connectivity index (χ0) is 21.3. The van der Waals surface area contributed by atoms with Crippen LogP contribution in [0.3, 0.4) is 0 Å². The van der Waals surface area contributed by atoms with Crippen molar-refractivity contribution in [3.05, 3.63) is 48.5 Å². The number of hydrogen-bond acceptors (Lipinski definition) is 2. The van der Waals surface area contributed by atoms with E-state index in [9.17, 15) is 0 Å². The zero-order valence-electron chi connectivity index (χ0n) is 19.3. The average Bonchev–Trinajstić information content (AvgIpc) is 2.79. The van der Waals surface area contributed by atoms with Gasteiger partial charge in [0.2, 0.25) is 0 Å². The number of hydrogen-bond donors (Lipinski definition) is 0. The van der Waals surface area contributed by atoms with Crippen molar-refractivity contribution in [1.82, 2.24) is 0 Å². The van der Waals surface area contributed by atoms with E-state index in [1.165, 1.54) is 109 Å². The van der Waals surface area contributed by atoms with Gasteiger partial charge in [-0.15, -0.1) is 23.5 Å². The van der Waals surface area contributed by atoms with Gasteiger partial charge < -0.3 is 0 Å². The Morgan fingerprint density at radius 1 is 0.433 bits per heavy atom. The Hall–Kier alpha value is -0.860. The van der Waals surface area contributed by atoms with Crippen molar-refractivity contribution in [2.24, 2.45) is 0 Å². The Bertz CT molecular complexity index is 645. The lowest BCUT2D eigenvalue weighted by Crippen LogP contribution is -1.84. The molecule has 2 aromatic rings. The highest BCUT2D eigenvalue weighted by molar-refractivity contribution is 7.99. The normalized spacial score (nSPS) is 11.1. The molecule has 0 aliphatic carbocycles. The maximum Gasteiger partial charge on any atom is 0.00723 e. The molecule has 0 N–H and O–H groups in total. The molecule has 0 spiro atoms. The lowest BCUT2D eigenvalue weighted by molar-refractivity contribution is 0.586. The fourth-order valence-electron chi connectivity index (χ4n) is 3.63. The zero-order valence-corrected chi connectivity index (χ0v) is 21.0. The first-order valence-electron chi connectivity index (χ1n) is 12.3. The van der Waals surface area contributed by atoms with Gasteiger partial charge in [-0.2, -0.15) is 0 Å². The first kappa shape index (κ1) is 25.4. The van der Waals surface area contributed by atoms with Crippen LogP contribution in [0.2, 0.25) is 0 Å². The summed E-state index contributed by atoms with van der Waals surface area (Å²) in [6.45, 7) is 4.56. The van der Waals surface area contributed by atoms with E-state index in [4.69, 9.17) is 0 Å². The second-order valence-corrected chi connectivity index (χ2v) is 10.6. The van der Waals surface area contributed by atoms with Crippen molar-refractivity contribution in [2.45, 2.75) is 101 Å². The summed E-state index contributed by atoms with van der Waals surface area (Å²) in [6.07, 6.45) is 16.6. The molecule has 0 unspecified atom stereocenters. The van der Waals surface area contributed by atoms with Crippen LogP contribution in [-0.4, -0.2) is 11.5 Å². The van der Waals surface area contributed by atoms with Gasteiger partial charge in [-0.1, -0.05) is 102 Å². The Morgan fingerprint density at radius 3 is 1.17 bits per heavy atom. The first-order valence-corrected chi connectivity index (χ1v) is 14.3. The van der Waals surface area contributed by atoms with Crippen LogP contribution in [-0.2, 0) is 0 Å². The molecule has 0 atom stereocenters. The van der Waals surface area contributed by atoms with Crippen molar-refractivity contribution >= 4 is 23.5 Å². The maximum absolute atomic E-state index is 2.29. The molecular formula is C28H42S2. The third kappa shape index (κ3) is 11.0. The smallest absolute Gasteiger partial charge is 0.00723 e. The van der Waals surface area contributed by atoms with Gasteiger partial charge in [0.25, 0.3) is 0 Å². The Morgan fingerprint density at radius 2 is 0.767 bits per heavy atom. The topological polar surface area (TPSA) is 0 Å². The van der Waals surface area contributed by atoms with E-state index in [1.54, 1.807) is 0 Å². The number of benzene rings is 2. The van der Waals surface area contributed by atoms with Gasteiger partial charge >= 0.3 is 0 Å². The fraction of sp³-hybridized carbons (Fsp3) is 0.571. The van der Waals surface area contributed by atoms with Crippen LogP contribution in [0.5, 0.6) is 0 Å². The van der Waals surface area contributed by atoms with Gasteiger partial charge in [0.15, 0.2) is 0 Å². The summed E-state index contributed by atoms with van der Waals surface area (Å²) in [5.41, 5.74) is 2.65. The molecule has 0 aliphatic heterocycles. The van der Waals surface area contributed by atoms with Crippen LogP contribution in [0.25, 0.3) is 11.1 Å². The minimum absolute atomic E-state index is 1.24. The van der Waals surface area contributed by atoms with Crippen molar-refractivity contribution < 1.29 is 0 Å². The molecule has 0 bridgehead atoms. The van der Waals surface area contributed by atoms with E-state index < -0.39 is 0 Å². The molecular weight excluding hydrogens is 400 g/mol. The van der Waals surface area contributed by atoms with Crippen LogP contribution in [0.4, 0.5) is 0 Å². The van der Waals surface area contributed by atoms with Gasteiger partial charge in [0, 0.05) is 9.79 Å². The van der Waals surface area contributed by atoms with E-state index >= 15 is 0 Å². The molecule has 2 rings (SSSR count). The minimum atomic E-state index is 1.24. The molecule has 30 heavy (non-hydrogen) atoms. The molecule has 166 valence electrons. The van der Waals surface area contributed by atoms with Gasteiger partial charge in [-0.25, -0.2) is 0 Å². The van der Waals surface area contributed by atoms with Crippen LogP contribution in [0.15, 0.2) is 58.3 Å². The van der Waals surface area contributed by atoms with E-state index in [0.717, 1.165) is 0 Å². The minimum Gasteiger partial charge on any atom is -0.126 e. The molecule has 2 aromatic carbocycles. The Balaban J connectivity index is 1.64. The summed E-state index contributed by atoms with van der Waals surface area (Å²) < 4.78 is 0. The van der Waals surface area contributed by atoms with E-state index in [0.29, 0.717) is 0 Å². The summed E-state index contributed by atoms with van der Waals surface area (Å²) in [4.78, 5) is 2.80. The maximum atomic E-state index is 2.29. The second-order valence-electron chi connectivity index (χ2n) is 8.28. The SMILES string of the molecule is CCCCCCCCCCSc1ccc(-c2ccc(SCCCCCC)cc2)cc1. The van der Waals surface area contributed by atoms with Crippen molar-refractivity contribution in [2.75, 3.05) is 11.5 Å². The predicted octanol–water partition coefficient (Wildman–Crippen LogP) is 10.3. The largest absolute Gasteiger partial charge is 0.126 e. The highest BCUT2D eigenvalue weighted by Gasteiger charge is 2.01. The first-order chi connectivity index (χ1) is 14.8. The molecule has 0 nitrogen and oxygen atoms in total. The van der Waals surface area contributed by atoms with Crippen LogP contribution >= 0.6 is 23.5 Å². The van der Waals surface area contributed by atoms with E-state index in [1.807, 2.05) is 23.5 Å². The molecule has 0 saturated carbocycles. The average molecular weight is 443 g/mol. The second kappa shape index (κ2) is 16.8. The number of unbranched alkanes of at least 4 members (excludes halogenated alkanes) is 10. The standard InChI is InChI=1S/C28H42S2/c1-3-5-7-9-10-11-12-14-24-30-28-21-17-26(18-22-28)25-15-19-27(20-16-25)29-23-13-8-6-4-2/h15-22H,3-14,23-24H2,1-2H3. The summed E-state index contributed by atoms with van der Waals surface area (Å²) in [5.74, 6) is 2.49. The highest BCUT2D eigenvalue weighted by atomic mass is 32.2. The molecule has 0 amide bonds. The summed E-state index contributed by atoms with van der Waals surface area (Å²) in [6, 6.07) is 18.3. The highest BCUT2D eigenvalue weighted by Crippen LogP contribution is 2.27. The van der Waals surface area contributed by atoms with Crippen molar-refractivity contribution in [3.8, 4) is 11.1 Å². The lowest BCUT2D eigenvalue weighted by Gasteiger charge is -2.07. The molecule has 0 heterocycles. The summed E-state index contributed by atoms with van der Waals surface area (Å²) >= 11 is 4.00. The van der Waals surface area contributed by atoms with E-state index in [2.05, 4.69) is 62.4 Å². The quantitative estimate of drug-likeness (QED) is 0.176. The summed E-state index contributed by atoms with van der Waals surface area (Å²) in [7, 11) is 0. The molecule has 0 aliphatic rings. The van der Waals surface area contributed by atoms with Gasteiger partial charge in [-0.05, 0) is 59.7 Å². The van der Waals surface area contributed by atoms with Crippen LogP contribution < -0.4 is 0 Å². The number of rotatable bonds is 17.